The Morgan fingerprint density at radius 1 is 1.40 bits per heavy atom. The van der Waals surface area contributed by atoms with E-state index in [0.29, 0.717) is 42.8 Å². The maximum Gasteiger partial charge on any atom is 0.254 e. The third-order valence-corrected chi connectivity index (χ3v) is 5.12. The zero-order valence-corrected chi connectivity index (χ0v) is 15.3. The van der Waals surface area contributed by atoms with Crippen molar-refractivity contribution in [1.29, 1.82) is 0 Å². The molecule has 1 saturated heterocycles. The molecular formula is C19H27N3O3. The molecule has 3 rings (SSSR count). The summed E-state index contributed by atoms with van der Waals surface area (Å²) < 4.78 is 5.12. The molecule has 0 radical (unpaired) electrons. The monoisotopic (exact) mass is 345 g/mol. The molecule has 1 saturated carbocycles. The maximum atomic E-state index is 12.9. The molecule has 2 fully saturated rings. The van der Waals surface area contributed by atoms with E-state index in [4.69, 9.17) is 4.74 Å². The van der Waals surface area contributed by atoms with E-state index in [1.807, 2.05) is 9.80 Å². The summed E-state index contributed by atoms with van der Waals surface area (Å²) in [5.74, 6) is 1.49. The zero-order valence-electron chi connectivity index (χ0n) is 15.3. The number of methoxy groups -OCH3 is 1. The first-order valence-electron chi connectivity index (χ1n) is 9.08. The molecule has 1 unspecified atom stereocenters. The quantitative estimate of drug-likeness (QED) is 0.821. The van der Waals surface area contributed by atoms with Crippen LogP contribution in [0.5, 0.6) is 5.88 Å². The Hall–Kier alpha value is -2.11. The Kier molecular flexibility index (Phi) is 5.25. The number of hydrogen-bond acceptors (Lipinski definition) is 4. The van der Waals surface area contributed by atoms with Crippen LogP contribution in [0.15, 0.2) is 18.3 Å². The number of aromatic nitrogens is 1. The van der Waals surface area contributed by atoms with Gasteiger partial charge < -0.3 is 14.5 Å². The largest absolute Gasteiger partial charge is 0.481 e. The predicted octanol–water partition coefficient (Wildman–Crippen LogP) is 2.20. The second kappa shape index (κ2) is 7.42. The van der Waals surface area contributed by atoms with Crippen LogP contribution in [0, 0.1) is 11.8 Å². The molecule has 0 spiro atoms. The molecule has 0 bridgehead atoms. The number of pyridine rings is 1. The van der Waals surface area contributed by atoms with Crippen molar-refractivity contribution >= 4 is 11.8 Å². The van der Waals surface area contributed by atoms with Crippen LogP contribution in [-0.4, -0.2) is 59.4 Å². The average molecular weight is 345 g/mol. The molecule has 0 aromatic carbocycles. The van der Waals surface area contributed by atoms with Crippen LogP contribution >= 0.6 is 0 Å². The highest BCUT2D eigenvalue weighted by atomic mass is 16.5. The van der Waals surface area contributed by atoms with Crippen LogP contribution in [0.2, 0.25) is 0 Å². The summed E-state index contributed by atoms with van der Waals surface area (Å²) in [4.78, 5) is 33.5. The molecule has 2 heterocycles. The molecule has 6 nitrogen and oxygen atoms in total. The van der Waals surface area contributed by atoms with Gasteiger partial charge in [-0.1, -0.05) is 13.8 Å². The van der Waals surface area contributed by atoms with Crippen molar-refractivity contribution in [2.45, 2.75) is 39.2 Å². The van der Waals surface area contributed by atoms with Crippen LogP contribution in [0.3, 0.4) is 0 Å². The number of ether oxygens (including phenoxy) is 1. The van der Waals surface area contributed by atoms with Gasteiger partial charge in [0, 0.05) is 43.9 Å². The van der Waals surface area contributed by atoms with Gasteiger partial charge in [0.1, 0.15) is 0 Å². The Morgan fingerprint density at radius 2 is 2.16 bits per heavy atom. The van der Waals surface area contributed by atoms with E-state index in [0.717, 1.165) is 6.54 Å². The molecule has 136 valence electrons. The summed E-state index contributed by atoms with van der Waals surface area (Å²) in [5, 5.41) is 0. The average Bonchev–Trinajstić information content (AvgIpc) is 3.44. The van der Waals surface area contributed by atoms with Crippen molar-refractivity contribution in [3.63, 3.8) is 0 Å². The third kappa shape index (κ3) is 4.11. The molecule has 1 aromatic rings. The second-order valence-corrected chi connectivity index (χ2v) is 7.39. The highest BCUT2D eigenvalue weighted by Gasteiger charge is 2.36. The van der Waals surface area contributed by atoms with E-state index < -0.39 is 0 Å². The fraction of sp³-hybridized carbons (Fsp3) is 0.632. The first-order valence-corrected chi connectivity index (χ1v) is 9.08. The molecule has 2 amide bonds. The maximum absolute atomic E-state index is 12.9. The standard InChI is InChI=1S/C19H27N3O3/c1-13(2)16-12-21(9-7-18(23)22(16)11-14-4-5-14)19(24)15-6-8-20-17(10-15)25-3/h6,8,10,13-14,16H,4-5,7,9,11-12H2,1-3H3. The lowest BCUT2D eigenvalue weighted by Crippen LogP contribution is -2.48. The molecule has 0 N–H and O–H groups in total. The van der Waals surface area contributed by atoms with E-state index in [-0.39, 0.29) is 17.9 Å². The van der Waals surface area contributed by atoms with E-state index in [2.05, 4.69) is 18.8 Å². The zero-order chi connectivity index (χ0) is 18.0. The molecule has 1 aliphatic heterocycles. The van der Waals surface area contributed by atoms with Gasteiger partial charge in [0.25, 0.3) is 5.91 Å². The number of amides is 2. The van der Waals surface area contributed by atoms with Crippen LogP contribution in [0.25, 0.3) is 0 Å². The van der Waals surface area contributed by atoms with Gasteiger partial charge in [-0.25, -0.2) is 4.98 Å². The molecule has 6 heteroatoms. The number of nitrogens with zero attached hydrogens (tertiary/aromatic N) is 3. The van der Waals surface area contributed by atoms with Gasteiger partial charge in [-0.3, -0.25) is 9.59 Å². The first-order chi connectivity index (χ1) is 12.0. The third-order valence-electron chi connectivity index (χ3n) is 5.12. The van der Waals surface area contributed by atoms with Gasteiger partial charge in [-0.2, -0.15) is 0 Å². The van der Waals surface area contributed by atoms with Gasteiger partial charge in [0.2, 0.25) is 11.8 Å². The van der Waals surface area contributed by atoms with E-state index >= 15 is 0 Å². The summed E-state index contributed by atoms with van der Waals surface area (Å²) in [7, 11) is 1.53. The second-order valence-electron chi connectivity index (χ2n) is 7.39. The Labute approximate surface area is 149 Å². The van der Waals surface area contributed by atoms with E-state index in [1.165, 1.54) is 20.0 Å². The van der Waals surface area contributed by atoms with Gasteiger partial charge in [0.15, 0.2) is 0 Å². The SMILES string of the molecule is COc1cc(C(=O)N2CCC(=O)N(CC3CC3)C(C(C)C)C2)ccn1. The predicted molar refractivity (Wildman–Crippen MR) is 94.4 cm³/mol. The van der Waals surface area contributed by atoms with Gasteiger partial charge >= 0.3 is 0 Å². The van der Waals surface area contributed by atoms with Gasteiger partial charge in [0.05, 0.1) is 13.2 Å². The Bertz CT molecular complexity index is 643. The van der Waals surface area contributed by atoms with Gasteiger partial charge in [-0.15, -0.1) is 0 Å². The molecule has 2 aliphatic rings. The highest BCUT2D eigenvalue weighted by molar-refractivity contribution is 5.95. The minimum atomic E-state index is -0.0626. The summed E-state index contributed by atoms with van der Waals surface area (Å²) in [6.45, 7) is 6.14. The minimum Gasteiger partial charge on any atom is -0.481 e. The number of carbonyl (C=O) groups is 2. The van der Waals surface area contributed by atoms with Crippen molar-refractivity contribution in [2.24, 2.45) is 11.8 Å². The number of carbonyl (C=O) groups excluding carboxylic acids is 2. The molecular weight excluding hydrogens is 318 g/mol. The van der Waals surface area contributed by atoms with Gasteiger partial charge in [-0.05, 0) is 30.7 Å². The molecule has 1 aromatic heterocycles. The smallest absolute Gasteiger partial charge is 0.254 e. The first kappa shape index (κ1) is 17.7. The fourth-order valence-corrected chi connectivity index (χ4v) is 3.38. The molecule has 25 heavy (non-hydrogen) atoms. The highest BCUT2D eigenvalue weighted by Crippen LogP contribution is 2.32. The van der Waals surface area contributed by atoms with Crippen LogP contribution < -0.4 is 4.74 Å². The molecule has 1 atom stereocenters. The summed E-state index contributed by atoms with van der Waals surface area (Å²) in [6.07, 6.45) is 4.40. The number of rotatable bonds is 5. The summed E-state index contributed by atoms with van der Waals surface area (Å²) >= 11 is 0. The summed E-state index contributed by atoms with van der Waals surface area (Å²) in [5.41, 5.74) is 0.553. The van der Waals surface area contributed by atoms with Crippen LogP contribution in [0.1, 0.15) is 43.5 Å². The Morgan fingerprint density at radius 3 is 2.80 bits per heavy atom. The van der Waals surface area contributed by atoms with Crippen LogP contribution in [0.4, 0.5) is 0 Å². The summed E-state index contributed by atoms with van der Waals surface area (Å²) in [6, 6.07) is 3.42. The van der Waals surface area contributed by atoms with Crippen molar-refractivity contribution in [3.8, 4) is 5.88 Å². The minimum absolute atomic E-state index is 0.0626. The lowest BCUT2D eigenvalue weighted by Gasteiger charge is -2.34. The lowest BCUT2D eigenvalue weighted by molar-refractivity contribution is -0.133. The topological polar surface area (TPSA) is 62.7 Å². The fourth-order valence-electron chi connectivity index (χ4n) is 3.38. The molecule has 1 aliphatic carbocycles. The normalized spacial score (nSPS) is 21.4. The van der Waals surface area contributed by atoms with Crippen molar-refractivity contribution in [1.82, 2.24) is 14.8 Å². The van der Waals surface area contributed by atoms with Crippen molar-refractivity contribution in [2.75, 3.05) is 26.7 Å². The van der Waals surface area contributed by atoms with E-state index in [1.54, 1.807) is 18.3 Å². The van der Waals surface area contributed by atoms with Crippen LogP contribution in [-0.2, 0) is 4.79 Å². The Balaban J connectivity index is 1.79. The van der Waals surface area contributed by atoms with Crippen molar-refractivity contribution in [3.05, 3.63) is 23.9 Å². The van der Waals surface area contributed by atoms with Crippen molar-refractivity contribution < 1.29 is 14.3 Å². The number of hydrogen-bond donors (Lipinski definition) is 0. The van der Waals surface area contributed by atoms with E-state index in [9.17, 15) is 9.59 Å². The lowest BCUT2D eigenvalue weighted by atomic mass is 10.0.